The van der Waals surface area contributed by atoms with Gasteiger partial charge in [0.15, 0.2) is 22.9 Å². The number of aliphatic hydroxyl groups excluding tert-OH is 1. The van der Waals surface area contributed by atoms with Crippen LogP contribution in [0.25, 0.3) is 11.0 Å². The Balaban J connectivity index is 1.77. The minimum absolute atomic E-state index is 0.00153. The molecule has 35 heavy (non-hydrogen) atoms. The number of furan rings is 1. The largest absolute Gasteiger partial charge is 0.503 e. The van der Waals surface area contributed by atoms with Crippen LogP contribution in [-0.2, 0) is 9.53 Å². The fraction of sp³-hybridized carbons (Fsp3) is 0.259. The maximum absolute atomic E-state index is 13.7. The number of carbonyl (C=O) groups is 2. The molecule has 8 nitrogen and oxygen atoms in total. The van der Waals surface area contributed by atoms with E-state index >= 15 is 0 Å². The van der Waals surface area contributed by atoms with E-state index in [0.29, 0.717) is 47.7 Å². The Hall–Kier alpha value is -4.04. The minimum Gasteiger partial charge on any atom is -0.503 e. The summed E-state index contributed by atoms with van der Waals surface area (Å²) in [5.74, 6) is -0.763. The highest BCUT2D eigenvalue weighted by molar-refractivity contribution is 6.16. The first kappa shape index (κ1) is 24.1. The van der Waals surface area contributed by atoms with Gasteiger partial charge in [-0.2, -0.15) is 0 Å². The van der Waals surface area contributed by atoms with Gasteiger partial charge in [0.25, 0.3) is 5.91 Å². The van der Waals surface area contributed by atoms with Crippen molar-refractivity contribution in [3.63, 3.8) is 0 Å². The number of para-hydroxylation sites is 1. The molecule has 3 aromatic rings. The summed E-state index contributed by atoms with van der Waals surface area (Å²) in [7, 11) is 3.09. The maximum atomic E-state index is 13.7. The van der Waals surface area contributed by atoms with Gasteiger partial charge in [-0.05, 0) is 36.2 Å². The molecule has 1 unspecified atom stereocenters. The number of rotatable bonds is 11. The molecule has 1 atom stereocenters. The van der Waals surface area contributed by atoms with Crippen LogP contribution in [0.15, 0.2) is 76.9 Å². The topological polar surface area (TPSA) is 98.4 Å². The zero-order chi connectivity index (χ0) is 24.9. The van der Waals surface area contributed by atoms with Gasteiger partial charge in [0.1, 0.15) is 12.4 Å². The number of methoxy groups -OCH3 is 2. The van der Waals surface area contributed by atoms with Crippen LogP contribution in [0.1, 0.15) is 28.6 Å². The summed E-state index contributed by atoms with van der Waals surface area (Å²) < 4.78 is 21.9. The lowest BCUT2D eigenvalue weighted by atomic mass is 9.94. The molecule has 1 aromatic heterocycles. The van der Waals surface area contributed by atoms with E-state index in [2.05, 4.69) is 6.58 Å². The smallest absolute Gasteiger partial charge is 0.290 e. The average Bonchev–Trinajstić information content (AvgIpc) is 3.42. The van der Waals surface area contributed by atoms with Gasteiger partial charge in [0, 0.05) is 25.6 Å². The van der Waals surface area contributed by atoms with E-state index in [0.717, 1.165) is 0 Å². The second kappa shape index (κ2) is 10.5. The first-order valence-electron chi connectivity index (χ1n) is 11.2. The number of hydrogen-bond donors (Lipinski definition) is 1. The van der Waals surface area contributed by atoms with Crippen LogP contribution >= 0.6 is 0 Å². The van der Waals surface area contributed by atoms with E-state index in [1.807, 2.05) is 0 Å². The summed E-state index contributed by atoms with van der Waals surface area (Å²) in [6.45, 7) is 4.66. The molecule has 4 rings (SSSR count). The Morgan fingerprint density at radius 1 is 1.20 bits per heavy atom. The molecule has 0 spiro atoms. The number of Topliss-reactive ketones (excluding diaryl/α,β-unsaturated/α-hetero) is 1. The highest BCUT2D eigenvalue weighted by Crippen LogP contribution is 2.41. The van der Waals surface area contributed by atoms with Gasteiger partial charge >= 0.3 is 0 Å². The average molecular weight is 478 g/mol. The monoisotopic (exact) mass is 477 g/mol. The number of hydrogen-bond acceptors (Lipinski definition) is 7. The molecular formula is C27H27NO7. The molecule has 0 aliphatic carbocycles. The van der Waals surface area contributed by atoms with Crippen LogP contribution in [0.2, 0.25) is 0 Å². The Kier molecular flexibility index (Phi) is 7.22. The van der Waals surface area contributed by atoms with E-state index in [1.54, 1.807) is 61.7 Å². The first-order valence-corrected chi connectivity index (χ1v) is 11.2. The highest BCUT2D eigenvalue weighted by atomic mass is 16.5. The van der Waals surface area contributed by atoms with E-state index in [4.69, 9.17) is 18.6 Å². The molecule has 0 bridgehead atoms. The number of ketones is 1. The summed E-state index contributed by atoms with van der Waals surface area (Å²) >= 11 is 0. The Bertz CT molecular complexity index is 1290. The normalized spacial score (nSPS) is 15.7. The predicted molar refractivity (Wildman–Crippen MR) is 130 cm³/mol. The van der Waals surface area contributed by atoms with Gasteiger partial charge in [-0.15, -0.1) is 0 Å². The number of ether oxygens (including phenoxy) is 3. The number of benzene rings is 2. The SMILES string of the molecule is C=CCOc1cccc(C2C(C(=O)c3cc4cccc(OC)c4o3)=C(O)C(=O)N2CCCOC)c1. The van der Waals surface area contributed by atoms with Crippen molar-refractivity contribution in [2.45, 2.75) is 12.5 Å². The molecule has 0 saturated carbocycles. The van der Waals surface area contributed by atoms with Crippen molar-refractivity contribution in [3.8, 4) is 11.5 Å². The molecule has 8 heteroatoms. The van der Waals surface area contributed by atoms with Crippen molar-refractivity contribution in [2.75, 3.05) is 34.0 Å². The van der Waals surface area contributed by atoms with Crippen molar-refractivity contribution in [1.82, 2.24) is 4.90 Å². The second-order valence-corrected chi connectivity index (χ2v) is 8.00. The van der Waals surface area contributed by atoms with Gasteiger partial charge in [-0.3, -0.25) is 9.59 Å². The molecule has 0 radical (unpaired) electrons. The van der Waals surface area contributed by atoms with Gasteiger partial charge in [-0.1, -0.05) is 36.9 Å². The van der Waals surface area contributed by atoms with Crippen molar-refractivity contribution in [1.29, 1.82) is 0 Å². The fourth-order valence-corrected chi connectivity index (χ4v) is 4.21. The van der Waals surface area contributed by atoms with Crippen LogP contribution in [0.3, 0.4) is 0 Å². The summed E-state index contributed by atoms with van der Waals surface area (Å²) in [5.41, 5.74) is 0.987. The molecular weight excluding hydrogens is 450 g/mol. The van der Waals surface area contributed by atoms with Gasteiger partial charge in [0.05, 0.1) is 18.7 Å². The predicted octanol–water partition coefficient (Wildman–Crippen LogP) is 4.62. The van der Waals surface area contributed by atoms with Gasteiger partial charge in [-0.25, -0.2) is 0 Å². The van der Waals surface area contributed by atoms with E-state index < -0.39 is 23.5 Å². The van der Waals surface area contributed by atoms with Gasteiger partial charge in [0.2, 0.25) is 5.78 Å². The van der Waals surface area contributed by atoms with Crippen LogP contribution in [0.4, 0.5) is 0 Å². The zero-order valence-corrected chi connectivity index (χ0v) is 19.7. The third-order valence-electron chi connectivity index (χ3n) is 5.79. The summed E-state index contributed by atoms with van der Waals surface area (Å²) in [6.07, 6.45) is 2.15. The van der Waals surface area contributed by atoms with Crippen molar-refractivity contribution < 1.29 is 33.3 Å². The highest BCUT2D eigenvalue weighted by Gasteiger charge is 2.44. The molecule has 2 heterocycles. The molecule has 1 N–H and O–H groups in total. The third-order valence-corrected chi connectivity index (χ3v) is 5.79. The summed E-state index contributed by atoms with van der Waals surface area (Å²) in [5, 5.41) is 11.5. The lowest BCUT2D eigenvalue weighted by molar-refractivity contribution is -0.129. The Morgan fingerprint density at radius 2 is 2.00 bits per heavy atom. The minimum atomic E-state index is -0.825. The first-order chi connectivity index (χ1) is 17.0. The number of amides is 1. The van der Waals surface area contributed by atoms with Crippen LogP contribution in [0, 0.1) is 0 Å². The molecule has 0 fully saturated rings. The van der Waals surface area contributed by atoms with E-state index in [1.165, 1.54) is 12.0 Å². The molecule has 0 saturated heterocycles. The number of carbonyl (C=O) groups excluding carboxylic acids is 2. The van der Waals surface area contributed by atoms with Crippen molar-refractivity contribution in [2.24, 2.45) is 0 Å². The van der Waals surface area contributed by atoms with E-state index in [9.17, 15) is 14.7 Å². The maximum Gasteiger partial charge on any atom is 0.290 e. The van der Waals surface area contributed by atoms with Crippen molar-refractivity contribution >= 4 is 22.7 Å². The Labute approximate surface area is 203 Å². The van der Waals surface area contributed by atoms with Crippen LogP contribution < -0.4 is 9.47 Å². The summed E-state index contributed by atoms with van der Waals surface area (Å²) in [6, 6.07) is 13.1. The molecule has 1 aliphatic rings. The Morgan fingerprint density at radius 3 is 2.74 bits per heavy atom. The zero-order valence-electron chi connectivity index (χ0n) is 19.7. The van der Waals surface area contributed by atoms with Gasteiger partial charge < -0.3 is 28.6 Å². The van der Waals surface area contributed by atoms with Crippen LogP contribution in [-0.4, -0.2) is 55.7 Å². The van der Waals surface area contributed by atoms with Crippen molar-refractivity contribution in [3.05, 3.63) is 83.8 Å². The lowest BCUT2D eigenvalue weighted by Crippen LogP contribution is -2.32. The van der Waals surface area contributed by atoms with Crippen LogP contribution in [0.5, 0.6) is 11.5 Å². The number of nitrogens with zero attached hydrogens (tertiary/aromatic N) is 1. The lowest BCUT2D eigenvalue weighted by Gasteiger charge is -2.27. The molecule has 2 aromatic carbocycles. The standard InChI is InChI=1S/C27H27NO7/c1-4-13-34-19-10-5-8-17(15-19)23-22(25(30)27(31)28(23)12-7-14-32-2)24(29)21-16-18-9-6-11-20(33-3)26(18)35-21/h4-6,8-11,15-16,23,30H,1,7,12-14H2,2-3H3. The molecule has 1 amide bonds. The molecule has 182 valence electrons. The second-order valence-electron chi connectivity index (χ2n) is 8.00. The third kappa shape index (κ3) is 4.65. The number of aliphatic hydroxyl groups is 1. The number of fused-ring (bicyclic) bond motifs is 1. The fourth-order valence-electron chi connectivity index (χ4n) is 4.21. The van der Waals surface area contributed by atoms with E-state index in [-0.39, 0.29) is 17.9 Å². The summed E-state index contributed by atoms with van der Waals surface area (Å²) in [4.78, 5) is 28.2. The molecule has 1 aliphatic heterocycles. The quantitative estimate of drug-likeness (QED) is 0.244.